The van der Waals surface area contributed by atoms with E-state index in [1.165, 1.54) is 0 Å². The summed E-state index contributed by atoms with van der Waals surface area (Å²) < 4.78 is 28.2. The summed E-state index contributed by atoms with van der Waals surface area (Å²) in [6.07, 6.45) is 1.68. The lowest BCUT2D eigenvalue weighted by Gasteiger charge is -2.22. The molecule has 0 spiro atoms. The van der Waals surface area contributed by atoms with Crippen LogP contribution in [0.25, 0.3) is 0 Å². The van der Waals surface area contributed by atoms with Crippen molar-refractivity contribution in [3.63, 3.8) is 0 Å². The second-order valence-corrected chi connectivity index (χ2v) is 6.70. The summed E-state index contributed by atoms with van der Waals surface area (Å²) in [4.78, 5) is 0. The van der Waals surface area contributed by atoms with Crippen molar-refractivity contribution < 1.29 is 23.4 Å². The molecule has 0 amide bonds. The standard InChI is InChI=1S/C20H27NO5/c1-14(2)12-23-13-16(17-5-4-6-24-17)21-11-15-9-18(22-3)20-19(10-15)25-7-8-26-20/h4-6,9-10,14,16,21H,7-8,11-13H2,1-3H3. The van der Waals surface area contributed by atoms with Crippen molar-refractivity contribution in [2.24, 2.45) is 5.92 Å². The monoisotopic (exact) mass is 361 g/mol. The number of nitrogens with one attached hydrogen (secondary N) is 1. The van der Waals surface area contributed by atoms with E-state index in [-0.39, 0.29) is 6.04 Å². The average Bonchev–Trinajstić information content (AvgIpc) is 3.18. The SMILES string of the molecule is COc1cc(CNC(COCC(C)C)c2ccco2)cc2c1OCCO2. The number of furan rings is 1. The molecule has 1 unspecified atom stereocenters. The summed E-state index contributed by atoms with van der Waals surface area (Å²) in [6.45, 7) is 7.25. The summed E-state index contributed by atoms with van der Waals surface area (Å²) >= 11 is 0. The van der Waals surface area contributed by atoms with Gasteiger partial charge in [-0.1, -0.05) is 13.8 Å². The van der Waals surface area contributed by atoms with Crippen LogP contribution in [0.1, 0.15) is 31.2 Å². The molecule has 2 aromatic rings. The third-order valence-corrected chi connectivity index (χ3v) is 4.06. The lowest BCUT2D eigenvalue weighted by Crippen LogP contribution is -2.26. The van der Waals surface area contributed by atoms with E-state index in [0.29, 0.717) is 43.8 Å². The summed E-state index contributed by atoms with van der Waals surface area (Å²) in [7, 11) is 1.64. The Bertz CT molecular complexity index is 667. The van der Waals surface area contributed by atoms with Gasteiger partial charge in [0.05, 0.1) is 26.0 Å². The summed E-state index contributed by atoms with van der Waals surface area (Å²) in [5.74, 6) is 3.43. The lowest BCUT2D eigenvalue weighted by molar-refractivity contribution is 0.0844. The van der Waals surface area contributed by atoms with Crippen LogP contribution < -0.4 is 19.5 Å². The molecule has 0 fully saturated rings. The Labute approximate surface area is 154 Å². The molecule has 1 atom stereocenters. The van der Waals surface area contributed by atoms with E-state index < -0.39 is 0 Å². The van der Waals surface area contributed by atoms with Gasteiger partial charge >= 0.3 is 0 Å². The number of ether oxygens (including phenoxy) is 4. The fraction of sp³-hybridized carbons (Fsp3) is 0.500. The lowest BCUT2D eigenvalue weighted by atomic mass is 10.1. The third-order valence-electron chi connectivity index (χ3n) is 4.06. The van der Waals surface area contributed by atoms with Gasteiger partial charge in [-0.2, -0.15) is 0 Å². The van der Waals surface area contributed by atoms with Crippen molar-refractivity contribution in [1.82, 2.24) is 5.32 Å². The maximum Gasteiger partial charge on any atom is 0.203 e. The summed E-state index contributed by atoms with van der Waals surface area (Å²) in [6, 6.07) is 7.77. The average molecular weight is 361 g/mol. The Hall–Kier alpha value is -2.18. The van der Waals surface area contributed by atoms with Crippen molar-refractivity contribution in [1.29, 1.82) is 0 Å². The maximum absolute atomic E-state index is 5.81. The predicted molar refractivity (Wildman–Crippen MR) is 97.9 cm³/mol. The zero-order chi connectivity index (χ0) is 18.4. The minimum atomic E-state index is -0.0251. The van der Waals surface area contributed by atoms with Crippen LogP contribution in [-0.2, 0) is 11.3 Å². The minimum absolute atomic E-state index is 0.0251. The maximum atomic E-state index is 5.81. The molecule has 3 rings (SSSR count). The number of hydrogen-bond acceptors (Lipinski definition) is 6. The highest BCUT2D eigenvalue weighted by atomic mass is 16.6. The third kappa shape index (κ3) is 4.71. The number of fused-ring (bicyclic) bond motifs is 1. The molecule has 0 saturated carbocycles. The van der Waals surface area contributed by atoms with Crippen molar-refractivity contribution in [3.8, 4) is 17.2 Å². The van der Waals surface area contributed by atoms with Gasteiger partial charge in [0.1, 0.15) is 19.0 Å². The molecular formula is C20H27NO5. The van der Waals surface area contributed by atoms with E-state index >= 15 is 0 Å². The van der Waals surface area contributed by atoms with Crippen LogP contribution in [0.5, 0.6) is 17.2 Å². The largest absolute Gasteiger partial charge is 0.493 e. The molecule has 2 heterocycles. The smallest absolute Gasteiger partial charge is 0.203 e. The van der Waals surface area contributed by atoms with Crippen LogP contribution in [0.2, 0.25) is 0 Å². The minimum Gasteiger partial charge on any atom is -0.493 e. The topological polar surface area (TPSA) is 62.1 Å². The number of rotatable bonds is 9. The van der Waals surface area contributed by atoms with Crippen LogP contribution >= 0.6 is 0 Å². The Balaban J connectivity index is 1.68. The molecule has 142 valence electrons. The fourth-order valence-corrected chi connectivity index (χ4v) is 2.82. The summed E-state index contributed by atoms with van der Waals surface area (Å²) in [5.41, 5.74) is 1.05. The molecule has 0 aliphatic carbocycles. The highest BCUT2D eigenvalue weighted by Crippen LogP contribution is 2.40. The van der Waals surface area contributed by atoms with Crippen LogP contribution in [0, 0.1) is 5.92 Å². The van der Waals surface area contributed by atoms with Gasteiger partial charge in [0, 0.05) is 13.2 Å². The van der Waals surface area contributed by atoms with Crippen molar-refractivity contribution in [2.75, 3.05) is 33.5 Å². The van der Waals surface area contributed by atoms with Crippen molar-refractivity contribution in [2.45, 2.75) is 26.4 Å². The number of hydrogen-bond donors (Lipinski definition) is 1. The molecule has 1 aromatic carbocycles. The van der Waals surface area contributed by atoms with Crippen LogP contribution in [0.15, 0.2) is 34.9 Å². The van der Waals surface area contributed by atoms with Gasteiger partial charge in [0.15, 0.2) is 11.5 Å². The molecule has 1 N–H and O–H groups in total. The molecule has 0 saturated heterocycles. The molecule has 6 nitrogen and oxygen atoms in total. The van der Waals surface area contributed by atoms with Crippen molar-refractivity contribution in [3.05, 3.63) is 41.9 Å². The molecule has 0 bridgehead atoms. The zero-order valence-electron chi connectivity index (χ0n) is 15.6. The van der Waals surface area contributed by atoms with Crippen LogP contribution in [0.3, 0.4) is 0 Å². The molecule has 26 heavy (non-hydrogen) atoms. The predicted octanol–water partition coefficient (Wildman–Crippen LogP) is 3.56. The Morgan fingerprint density at radius 3 is 2.73 bits per heavy atom. The molecule has 0 radical (unpaired) electrons. The van der Waals surface area contributed by atoms with E-state index in [0.717, 1.165) is 23.7 Å². The highest BCUT2D eigenvalue weighted by molar-refractivity contribution is 5.54. The van der Waals surface area contributed by atoms with Crippen LogP contribution in [0.4, 0.5) is 0 Å². The molecule has 6 heteroatoms. The quantitative estimate of drug-likeness (QED) is 0.737. The summed E-state index contributed by atoms with van der Waals surface area (Å²) in [5, 5.41) is 3.50. The highest BCUT2D eigenvalue weighted by Gasteiger charge is 2.20. The molecule has 1 aliphatic heterocycles. The number of benzene rings is 1. The molecular weight excluding hydrogens is 334 g/mol. The van der Waals surface area contributed by atoms with Gasteiger partial charge in [-0.05, 0) is 35.7 Å². The first-order valence-electron chi connectivity index (χ1n) is 8.98. The Morgan fingerprint density at radius 2 is 2.00 bits per heavy atom. The number of methoxy groups -OCH3 is 1. The first-order chi connectivity index (χ1) is 12.7. The van der Waals surface area contributed by atoms with Gasteiger partial charge in [-0.25, -0.2) is 0 Å². The first-order valence-corrected chi connectivity index (χ1v) is 8.98. The second kappa shape index (κ2) is 8.96. The normalized spacial score (nSPS) is 14.5. The zero-order valence-corrected chi connectivity index (χ0v) is 15.6. The van der Waals surface area contributed by atoms with E-state index in [1.54, 1.807) is 13.4 Å². The second-order valence-electron chi connectivity index (χ2n) is 6.70. The van der Waals surface area contributed by atoms with E-state index in [1.807, 2.05) is 24.3 Å². The first kappa shape index (κ1) is 18.6. The van der Waals surface area contributed by atoms with E-state index in [2.05, 4.69) is 19.2 Å². The van der Waals surface area contributed by atoms with Gasteiger partial charge in [-0.15, -0.1) is 0 Å². The molecule has 1 aliphatic rings. The Morgan fingerprint density at radius 1 is 1.15 bits per heavy atom. The van der Waals surface area contributed by atoms with Gasteiger partial charge in [-0.3, -0.25) is 0 Å². The Kier molecular flexibility index (Phi) is 6.41. The van der Waals surface area contributed by atoms with E-state index in [4.69, 9.17) is 23.4 Å². The molecule has 1 aromatic heterocycles. The van der Waals surface area contributed by atoms with Gasteiger partial charge < -0.3 is 28.7 Å². The fourth-order valence-electron chi connectivity index (χ4n) is 2.82. The van der Waals surface area contributed by atoms with Crippen molar-refractivity contribution >= 4 is 0 Å². The van der Waals surface area contributed by atoms with Gasteiger partial charge in [0.2, 0.25) is 5.75 Å². The van der Waals surface area contributed by atoms with Crippen LogP contribution in [-0.4, -0.2) is 33.5 Å². The van der Waals surface area contributed by atoms with Gasteiger partial charge in [0.25, 0.3) is 0 Å². The van der Waals surface area contributed by atoms with E-state index in [9.17, 15) is 0 Å².